The predicted octanol–water partition coefficient (Wildman–Crippen LogP) is 1.78. The molecule has 1 heterocycles. The highest BCUT2D eigenvalue weighted by Crippen LogP contribution is 2.17. The lowest BCUT2D eigenvalue weighted by Gasteiger charge is -2.28. The van der Waals surface area contributed by atoms with Gasteiger partial charge in [0.25, 0.3) is 0 Å². The first-order valence-corrected chi connectivity index (χ1v) is 3.82. The molecular weight excluding hydrogens is 110 g/mol. The summed E-state index contributed by atoms with van der Waals surface area (Å²) in [6.45, 7) is 4.44. The molecular formula is C8H15N. The Morgan fingerprint density at radius 3 is 2.89 bits per heavy atom. The van der Waals surface area contributed by atoms with Crippen LogP contribution in [0.4, 0.5) is 0 Å². The molecule has 52 valence electrons. The van der Waals surface area contributed by atoms with Crippen molar-refractivity contribution in [1.29, 1.82) is 0 Å². The maximum absolute atomic E-state index is 5.63. The Labute approximate surface area is 58.0 Å². The van der Waals surface area contributed by atoms with Crippen molar-refractivity contribution in [3.05, 3.63) is 7.05 Å². The van der Waals surface area contributed by atoms with Gasteiger partial charge in [0.05, 0.1) is 0 Å². The first-order chi connectivity index (χ1) is 4.33. The van der Waals surface area contributed by atoms with Gasteiger partial charge in [-0.1, -0.05) is 13.3 Å². The molecule has 0 amide bonds. The van der Waals surface area contributed by atoms with Crippen LogP contribution in [0.5, 0.6) is 0 Å². The zero-order valence-electron chi connectivity index (χ0n) is 6.14. The molecule has 9 heavy (non-hydrogen) atoms. The van der Waals surface area contributed by atoms with E-state index >= 15 is 0 Å². The van der Waals surface area contributed by atoms with Gasteiger partial charge in [0.15, 0.2) is 0 Å². The molecule has 1 fully saturated rings. The van der Waals surface area contributed by atoms with Crippen molar-refractivity contribution >= 4 is 0 Å². The van der Waals surface area contributed by atoms with E-state index in [-0.39, 0.29) is 0 Å². The average Bonchev–Trinajstić information content (AvgIpc) is 1.88. The highest BCUT2D eigenvalue weighted by molar-refractivity contribution is 4.70. The third kappa shape index (κ3) is 1.98. The number of hydrogen-bond acceptors (Lipinski definition) is 1. The molecule has 1 atom stereocenters. The zero-order chi connectivity index (χ0) is 6.69. The molecule has 2 radical (unpaired) electrons. The summed E-state index contributed by atoms with van der Waals surface area (Å²) in [5, 5.41) is 0. The Morgan fingerprint density at radius 1 is 1.67 bits per heavy atom. The summed E-state index contributed by atoms with van der Waals surface area (Å²) in [5.41, 5.74) is 0. The van der Waals surface area contributed by atoms with E-state index in [1.54, 1.807) is 0 Å². The summed E-state index contributed by atoms with van der Waals surface area (Å²) >= 11 is 0. The fourth-order valence-electron chi connectivity index (χ4n) is 1.43. The molecule has 0 bridgehead atoms. The van der Waals surface area contributed by atoms with Crippen LogP contribution >= 0.6 is 0 Å². The third-order valence-corrected chi connectivity index (χ3v) is 2.13. The number of likely N-dealkylation sites (tertiary alicyclic amines) is 1. The van der Waals surface area contributed by atoms with Gasteiger partial charge in [0.2, 0.25) is 0 Å². The lowest BCUT2D eigenvalue weighted by Crippen LogP contribution is -2.29. The molecule has 0 N–H and O–H groups in total. The molecule has 1 rings (SSSR count). The van der Waals surface area contributed by atoms with Crippen molar-refractivity contribution < 1.29 is 0 Å². The highest BCUT2D eigenvalue weighted by atomic mass is 15.1. The Morgan fingerprint density at radius 2 is 2.44 bits per heavy atom. The van der Waals surface area contributed by atoms with E-state index in [0.717, 1.165) is 19.0 Å². The predicted molar refractivity (Wildman–Crippen MR) is 38.9 cm³/mol. The minimum Gasteiger partial charge on any atom is -0.297 e. The first kappa shape index (κ1) is 7.07. The quantitative estimate of drug-likeness (QED) is 0.516. The second kappa shape index (κ2) is 3.21. The molecule has 1 nitrogen and oxygen atoms in total. The largest absolute Gasteiger partial charge is 0.297 e. The number of rotatable bonds is 1. The Hall–Kier alpha value is -0.0400. The van der Waals surface area contributed by atoms with E-state index in [4.69, 9.17) is 7.05 Å². The highest BCUT2D eigenvalue weighted by Gasteiger charge is 2.14. The van der Waals surface area contributed by atoms with Crippen LogP contribution in [0.1, 0.15) is 26.2 Å². The lowest BCUT2D eigenvalue weighted by atomic mass is 9.96. The molecule has 1 aliphatic rings. The van der Waals surface area contributed by atoms with Crippen LogP contribution in [0, 0.1) is 13.0 Å². The summed E-state index contributed by atoms with van der Waals surface area (Å²) in [4.78, 5) is 1.94. The monoisotopic (exact) mass is 125 g/mol. The molecule has 1 unspecified atom stereocenters. The number of nitrogens with zero attached hydrogens (tertiary/aromatic N) is 1. The normalized spacial score (nSPS) is 30.7. The molecule has 0 spiro atoms. The number of hydrogen-bond donors (Lipinski definition) is 0. The molecule has 1 heteroatoms. The summed E-state index contributed by atoms with van der Waals surface area (Å²) in [6, 6.07) is 0. The fourth-order valence-corrected chi connectivity index (χ4v) is 1.43. The van der Waals surface area contributed by atoms with Gasteiger partial charge >= 0.3 is 0 Å². The summed E-state index contributed by atoms with van der Waals surface area (Å²) in [7, 11) is 5.63. The van der Waals surface area contributed by atoms with Crippen LogP contribution in [0.3, 0.4) is 0 Å². The van der Waals surface area contributed by atoms with Crippen molar-refractivity contribution in [2.24, 2.45) is 5.92 Å². The molecule has 0 aromatic heterocycles. The zero-order valence-corrected chi connectivity index (χ0v) is 6.14. The van der Waals surface area contributed by atoms with Crippen molar-refractivity contribution in [2.75, 3.05) is 13.1 Å². The van der Waals surface area contributed by atoms with E-state index < -0.39 is 0 Å². The maximum Gasteiger partial charge on any atom is 0.0438 e. The van der Waals surface area contributed by atoms with Crippen LogP contribution in [0.2, 0.25) is 0 Å². The maximum atomic E-state index is 5.63. The third-order valence-electron chi connectivity index (χ3n) is 2.13. The van der Waals surface area contributed by atoms with Gasteiger partial charge in [-0.3, -0.25) is 4.90 Å². The van der Waals surface area contributed by atoms with Crippen LogP contribution in [0.25, 0.3) is 0 Å². The van der Waals surface area contributed by atoms with Crippen LogP contribution in [-0.2, 0) is 0 Å². The standard InChI is InChI=1S/C8H15N/c1-3-8-5-4-6-9(2)7-8/h2,8H,3-7H2,1H3. The fraction of sp³-hybridized carbons (Fsp3) is 0.875. The van der Waals surface area contributed by atoms with Crippen molar-refractivity contribution in [1.82, 2.24) is 4.90 Å². The van der Waals surface area contributed by atoms with Crippen molar-refractivity contribution in [2.45, 2.75) is 26.2 Å². The smallest absolute Gasteiger partial charge is 0.0438 e. The van der Waals surface area contributed by atoms with E-state index in [2.05, 4.69) is 6.92 Å². The Bertz CT molecular complexity index is 80.6. The minimum atomic E-state index is 0.865. The van der Waals surface area contributed by atoms with Gasteiger partial charge < -0.3 is 0 Å². The van der Waals surface area contributed by atoms with E-state index in [1.807, 2.05) is 4.90 Å². The van der Waals surface area contributed by atoms with E-state index in [1.165, 1.54) is 19.3 Å². The van der Waals surface area contributed by atoms with Gasteiger partial charge in [0.1, 0.15) is 0 Å². The SMILES string of the molecule is [CH]N1CCCC(CC)C1. The lowest BCUT2D eigenvalue weighted by molar-refractivity contribution is 0.226. The second-order valence-corrected chi connectivity index (χ2v) is 2.91. The Balaban J connectivity index is 2.23. The molecule has 0 aromatic rings. The van der Waals surface area contributed by atoms with Crippen molar-refractivity contribution in [3.63, 3.8) is 0 Å². The molecule has 0 aliphatic carbocycles. The number of piperidine rings is 1. The second-order valence-electron chi connectivity index (χ2n) is 2.91. The van der Waals surface area contributed by atoms with E-state index in [0.29, 0.717) is 0 Å². The van der Waals surface area contributed by atoms with Gasteiger partial charge in [0, 0.05) is 13.6 Å². The van der Waals surface area contributed by atoms with Crippen LogP contribution in [0.15, 0.2) is 0 Å². The average molecular weight is 125 g/mol. The van der Waals surface area contributed by atoms with Crippen LogP contribution in [-0.4, -0.2) is 18.0 Å². The molecule has 0 saturated carbocycles. The topological polar surface area (TPSA) is 3.24 Å². The van der Waals surface area contributed by atoms with Gasteiger partial charge in [-0.05, 0) is 25.3 Å². The van der Waals surface area contributed by atoms with Gasteiger partial charge in [-0.25, -0.2) is 0 Å². The minimum absolute atomic E-state index is 0.865. The molecule has 1 saturated heterocycles. The molecule has 1 aliphatic heterocycles. The summed E-state index contributed by atoms with van der Waals surface area (Å²) < 4.78 is 0. The first-order valence-electron chi connectivity index (χ1n) is 3.82. The van der Waals surface area contributed by atoms with Gasteiger partial charge in [-0.2, -0.15) is 0 Å². The molecule has 0 aromatic carbocycles. The Kier molecular flexibility index (Phi) is 2.52. The summed E-state index contributed by atoms with van der Waals surface area (Å²) in [6.07, 6.45) is 3.95. The van der Waals surface area contributed by atoms with Crippen molar-refractivity contribution in [3.8, 4) is 0 Å². The van der Waals surface area contributed by atoms with Gasteiger partial charge in [-0.15, -0.1) is 0 Å². The van der Waals surface area contributed by atoms with Crippen LogP contribution < -0.4 is 0 Å². The summed E-state index contributed by atoms with van der Waals surface area (Å²) in [5.74, 6) is 0.865. The van der Waals surface area contributed by atoms with E-state index in [9.17, 15) is 0 Å².